The minimum Gasteiger partial charge on any atom is -0.383 e. The van der Waals surface area contributed by atoms with Crippen LogP contribution in [0.4, 0.5) is 0 Å². The fourth-order valence-corrected chi connectivity index (χ4v) is 1.10. The molecule has 1 rings (SSSR count). The average molecular weight is 184 g/mol. The van der Waals surface area contributed by atoms with Crippen LogP contribution in [0.5, 0.6) is 0 Å². The first-order valence-corrected chi connectivity index (χ1v) is 4.48. The van der Waals surface area contributed by atoms with Crippen LogP contribution in [0.2, 0.25) is 0 Å². The van der Waals surface area contributed by atoms with E-state index in [-0.39, 0.29) is 0 Å². The molecule has 1 aromatic heterocycles. The fourth-order valence-electron chi connectivity index (χ4n) is 1.10. The van der Waals surface area contributed by atoms with Gasteiger partial charge in [0.25, 0.3) is 0 Å². The molecule has 0 saturated heterocycles. The van der Waals surface area contributed by atoms with Crippen molar-refractivity contribution in [1.29, 1.82) is 0 Å². The molecule has 74 valence electrons. The van der Waals surface area contributed by atoms with Crippen LogP contribution in [0.15, 0.2) is 16.9 Å². The number of nitrogens with zero attached hydrogens (tertiary/aromatic N) is 1. The summed E-state index contributed by atoms with van der Waals surface area (Å²) < 4.78 is 9.78. The molecule has 0 aliphatic rings. The van der Waals surface area contributed by atoms with Crippen LogP contribution in [0, 0.1) is 0 Å². The number of aromatic nitrogens is 1. The first kappa shape index (κ1) is 10.2. The van der Waals surface area contributed by atoms with E-state index < -0.39 is 0 Å². The molecule has 13 heavy (non-hydrogen) atoms. The van der Waals surface area contributed by atoms with Crippen molar-refractivity contribution in [2.45, 2.75) is 25.9 Å². The van der Waals surface area contributed by atoms with E-state index in [1.54, 1.807) is 13.4 Å². The third kappa shape index (κ3) is 3.57. The van der Waals surface area contributed by atoms with E-state index in [2.05, 4.69) is 17.4 Å². The number of methoxy groups -OCH3 is 1. The van der Waals surface area contributed by atoms with Gasteiger partial charge in [-0.1, -0.05) is 12.1 Å². The van der Waals surface area contributed by atoms with Gasteiger partial charge in [0.2, 0.25) is 0 Å². The molecular weight excluding hydrogens is 168 g/mol. The second-order valence-corrected chi connectivity index (χ2v) is 2.93. The number of rotatable bonds is 6. The van der Waals surface area contributed by atoms with Crippen LogP contribution >= 0.6 is 0 Å². The molecule has 0 amide bonds. The first-order chi connectivity index (χ1) is 6.36. The lowest BCUT2D eigenvalue weighted by Gasteiger charge is -2.14. The van der Waals surface area contributed by atoms with Gasteiger partial charge in [-0.2, -0.15) is 0 Å². The molecule has 4 nitrogen and oxygen atoms in total. The summed E-state index contributed by atoms with van der Waals surface area (Å²) in [4.78, 5) is 0. The van der Waals surface area contributed by atoms with E-state index in [9.17, 15) is 0 Å². The monoisotopic (exact) mass is 184 g/mol. The van der Waals surface area contributed by atoms with Crippen LogP contribution in [0.3, 0.4) is 0 Å². The van der Waals surface area contributed by atoms with Crippen molar-refractivity contribution in [2.75, 3.05) is 13.7 Å². The van der Waals surface area contributed by atoms with E-state index in [4.69, 9.17) is 9.26 Å². The van der Waals surface area contributed by atoms with Gasteiger partial charge in [0.15, 0.2) is 0 Å². The van der Waals surface area contributed by atoms with Gasteiger partial charge in [0.05, 0.1) is 12.3 Å². The molecule has 4 heteroatoms. The molecule has 1 unspecified atom stereocenters. The Morgan fingerprint density at radius 2 is 2.54 bits per heavy atom. The van der Waals surface area contributed by atoms with Gasteiger partial charge >= 0.3 is 0 Å². The van der Waals surface area contributed by atoms with Crippen LogP contribution in [-0.4, -0.2) is 24.9 Å². The van der Waals surface area contributed by atoms with Crippen molar-refractivity contribution in [3.8, 4) is 0 Å². The lowest BCUT2D eigenvalue weighted by Crippen LogP contribution is -2.32. The summed E-state index contributed by atoms with van der Waals surface area (Å²) in [5, 5.41) is 7.13. The molecule has 1 heterocycles. The number of nitrogens with one attached hydrogen (secondary N) is 1. The van der Waals surface area contributed by atoms with Crippen LogP contribution in [-0.2, 0) is 11.3 Å². The zero-order valence-corrected chi connectivity index (χ0v) is 8.12. The van der Waals surface area contributed by atoms with E-state index >= 15 is 0 Å². The molecule has 0 radical (unpaired) electrons. The van der Waals surface area contributed by atoms with Crippen molar-refractivity contribution in [1.82, 2.24) is 10.5 Å². The molecule has 0 aliphatic heterocycles. The van der Waals surface area contributed by atoms with Crippen molar-refractivity contribution < 1.29 is 9.26 Å². The molecular formula is C9H16N2O2. The zero-order chi connectivity index (χ0) is 9.52. The quantitative estimate of drug-likeness (QED) is 0.721. The second-order valence-electron chi connectivity index (χ2n) is 2.93. The minimum absolute atomic E-state index is 0.390. The highest BCUT2D eigenvalue weighted by Crippen LogP contribution is 1.97. The van der Waals surface area contributed by atoms with Crippen LogP contribution in [0.1, 0.15) is 19.0 Å². The lowest BCUT2D eigenvalue weighted by molar-refractivity contribution is 0.163. The van der Waals surface area contributed by atoms with Gasteiger partial charge < -0.3 is 14.6 Å². The third-order valence-corrected chi connectivity index (χ3v) is 1.92. The Morgan fingerprint density at radius 1 is 1.69 bits per heavy atom. The van der Waals surface area contributed by atoms with E-state index in [0.717, 1.165) is 25.3 Å². The van der Waals surface area contributed by atoms with Gasteiger partial charge in [-0.05, 0) is 6.42 Å². The first-order valence-electron chi connectivity index (χ1n) is 4.48. The normalized spacial score (nSPS) is 13.1. The Kier molecular flexibility index (Phi) is 4.49. The van der Waals surface area contributed by atoms with Crippen LogP contribution < -0.4 is 5.32 Å². The molecule has 1 atom stereocenters. The van der Waals surface area contributed by atoms with Gasteiger partial charge in [-0.25, -0.2) is 0 Å². The summed E-state index contributed by atoms with van der Waals surface area (Å²) in [6.45, 7) is 3.59. The summed E-state index contributed by atoms with van der Waals surface area (Å²) in [5.74, 6) is 0. The van der Waals surface area contributed by atoms with E-state index in [0.29, 0.717) is 6.04 Å². The Bertz CT molecular complexity index is 211. The molecule has 0 aromatic carbocycles. The highest BCUT2D eigenvalue weighted by Gasteiger charge is 2.05. The highest BCUT2D eigenvalue weighted by molar-refractivity contribution is 4.94. The van der Waals surface area contributed by atoms with E-state index in [1.165, 1.54) is 0 Å². The maximum absolute atomic E-state index is 5.06. The zero-order valence-electron chi connectivity index (χ0n) is 8.12. The van der Waals surface area contributed by atoms with Crippen molar-refractivity contribution in [3.05, 3.63) is 18.0 Å². The molecule has 0 fully saturated rings. The lowest BCUT2D eigenvalue weighted by atomic mass is 10.2. The smallest absolute Gasteiger partial charge is 0.124 e. The number of ether oxygens (including phenoxy) is 1. The highest BCUT2D eigenvalue weighted by atomic mass is 16.5. The summed E-state index contributed by atoms with van der Waals surface area (Å²) in [7, 11) is 1.71. The van der Waals surface area contributed by atoms with Gasteiger partial charge in [0, 0.05) is 25.8 Å². The van der Waals surface area contributed by atoms with Gasteiger partial charge in [-0.3, -0.25) is 0 Å². The standard InChI is InChI=1S/C9H16N2O2/c1-3-8(7-12-2)10-6-9-4-5-13-11-9/h4-5,8,10H,3,6-7H2,1-2H3. The second kappa shape index (κ2) is 5.72. The summed E-state index contributed by atoms with van der Waals surface area (Å²) >= 11 is 0. The summed E-state index contributed by atoms with van der Waals surface area (Å²) in [5.41, 5.74) is 0.926. The van der Waals surface area contributed by atoms with E-state index in [1.807, 2.05) is 6.07 Å². The molecule has 1 N–H and O–H groups in total. The molecule has 0 bridgehead atoms. The maximum atomic E-state index is 5.06. The predicted octanol–water partition coefficient (Wildman–Crippen LogP) is 1.19. The predicted molar refractivity (Wildman–Crippen MR) is 49.3 cm³/mol. The molecule has 1 aromatic rings. The third-order valence-electron chi connectivity index (χ3n) is 1.92. The Morgan fingerprint density at radius 3 is 3.08 bits per heavy atom. The SMILES string of the molecule is CCC(COC)NCc1ccon1. The summed E-state index contributed by atoms with van der Waals surface area (Å²) in [6.07, 6.45) is 2.62. The maximum Gasteiger partial charge on any atom is 0.124 e. The average Bonchev–Trinajstić information content (AvgIpc) is 2.64. The van der Waals surface area contributed by atoms with Crippen molar-refractivity contribution in [2.24, 2.45) is 0 Å². The topological polar surface area (TPSA) is 47.3 Å². The van der Waals surface area contributed by atoms with Crippen molar-refractivity contribution in [3.63, 3.8) is 0 Å². The Hall–Kier alpha value is -0.870. The summed E-state index contributed by atoms with van der Waals surface area (Å²) in [6, 6.07) is 2.24. The largest absolute Gasteiger partial charge is 0.383 e. The van der Waals surface area contributed by atoms with Gasteiger partial charge in [-0.15, -0.1) is 0 Å². The fraction of sp³-hybridized carbons (Fsp3) is 0.667. The Labute approximate surface area is 78.2 Å². The molecule has 0 saturated carbocycles. The molecule has 0 spiro atoms. The number of hydrogen-bond donors (Lipinski definition) is 1. The molecule has 0 aliphatic carbocycles. The van der Waals surface area contributed by atoms with Crippen molar-refractivity contribution >= 4 is 0 Å². The van der Waals surface area contributed by atoms with Gasteiger partial charge in [0.1, 0.15) is 6.26 Å². The van der Waals surface area contributed by atoms with Crippen LogP contribution in [0.25, 0.3) is 0 Å². The number of hydrogen-bond acceptors (Lipinski definition) is 4. The Balaban J connectivity index is 2.23. The minimum atomic E-state index is 0.390.